The van der Waals surface area contributed by atoms with Crippen LogP contribution in [0.15, 0.2) is 35.8 Å². The number of aromatic nitrogens is 3. The first-order chi connectivity index (χ1) is 9.92. The molecule has 102 valence electrons. The lowest BCUT2D eigenvalue weighted by Crippen LogP contribution is -2.25. The van der Waals surface area contributed by atoms with Gasteiger partial charge in [-0.2, -0.15) is 0 Å². The number of imidazole rings is 1. The smallest absolute Gasteiger partial charge is 0.165 e. The lowest BCUT2D eigenvalue weighted by molar-refractivity contribution is 0.583. The van der Waals surface area contributed by atoms with Gasteiger partial charge in [-0.1, -0.05) is 0 Å². The van der Waals surface area contributed by atoms with Crippen LogP contribution in [0.3, 0.4) is 0 Å². The predicted octanol–water partition coefficient (Wildman–Crippen LogP) is 2.78. The van der Waals surface area contributed by atoms with E-state index in [1.165, 1.54) is 17.8 Å². The Morgan fingerprint density at radius 2 is 2.35 bits per heavy atom. The van der Waals surface area contributed by atoms with Crippen LogP contribution in [-0.2, 0) is 6.42 Å². The highest BCUT2D eigenvalue weighted by molar-refractivity contribution is 7.12. The van der Waals surface area contributed by atoms with Gasteiger partial charge in [0, 0.05) is 18.7 Å². The highest BCUT2D eigenvalue weighted by Crippen LogP contribution is 2.24. The van der Waals surface area contributed by atoms with Crippen LogP contribution >= 0.6 is 11.3 Å². The van der Waals surface area contributed by atoms with E-state index >= 15 is 0 Å². The monoisotopic (exact) mass is 284 g/mol. The third kappa shape index (κ3) is 2.03. The Kier molecular flexibility index (Phi) is 3.01. The van der Waals surface area contributed by atoms with E-state index in [4.69, 9.17) is 4.98 Å². The molecule has 1 fully saturated rings. The van der Waals surface area contributed by atoms with Crippen LogP contribution in [0.2, 0.25) is 0 Å². The van der Waals surface area contributed by atoms with E-state index in [-0.39, 0.29) is 0 Å². The molecule has 3 aromatic rings. The van der Waals surface area contributed by atoms with Gasteiger partial charge in [0.05, 0.1) is 0 Å². The summed E-state index contributed by atoms with van der Waals surface area (Å²) in [5.41, 5.74) is 1.94. The molecule has 4 heterocycles. The van der Waals surface area contributed by atoms with Crippen molar-refractivity contribution < 1.29 is 0 Å². The second-order valence-electron chi connectivity index (χ2n) is 5.16. The molecule has 0 aliphatic carbocycles. The van der Waals surface area contributed by atoms with Crippen LogP contribution in [0.4, 0.5) is 0 Å². The highest BCUT2D eigenvalue weighted by Gasteiger charge is 2.20. The van der Waals surface area contributed by atoms with E-state index in [1.807, 2.05) is 18.3 Å². The molecule has 1 aliphatic rings. The molecular formula is C15H16N4S. The summed E-state index contributed by atoms with van der Waals surface area (Å²) in [6, 6.07) is 8.74. The standard InChI is InChI=1S/C15H16N4S/c1-4-11(16-7-1)10-13-18-12-5-2-8-17-15(12)19(13)14-6-3-9-20-14/h2-3,5-6,8-9,11,16H,1,4,7,10H2. The minimum absolute atomic E-state index is 0.547. The summed E-state index contributed by atoms with van der Waals surface area (Å²) < 4.78 is 2.21. The van der Waals surface area contributed by atoms with Crippen LogP contribution < -0.4 is 5.32 Å². The normalized spacial score (nSPS) is 18.9. The lowest BCUT2D eigenvalue weighted by atomic mass is 10.1. The third-order valence-corrected chi connectivity index (χ3v) is 4.66. The van der Waals surface area contributed by atoms with Gasteiger partial charge < -0.3 is 5.32 Å². The zero-order valence-corrected chi connectivity index (χ0v) is 11.9. The molecule has 4 nitrogen and oxygen atoms in total. The number of pyridine rings is 1. The molecule has 1 saturated heterocycles. The minimum atomic E-state index is 0.547. The maximum Gasteiger partial charge on any atom is 0.165 e. The lowest BCUT2D eigenvalue weighted by Gasteiger charge is -2.11. The van der Waals surface area contributed by atoms with Crippen molar-refractivity contribution in [2.45, 2.75) is 25.3 Å². The maximum absolute atomic E-state index is 4.80. The quantitative estimate of drug-likeness (QED) is 0.804. The van der Waals surface area contributed by atoms with Crippen molar-refractivity contribution >= 4 is 22.5 Å². The van der Waals surface area contributed by atoms with Gasteiger partial charge in [0.1, 0.15) is 16.3 Å². The first-order valence-electron chi connectivity index (χ1n) is 7.01. The van der Waals surface area contributed by atoms with Gasteiger partial charge in [0.25, 0.3) is 0 Å². The van der Waals surface area contributed by atoms with Crippen LogP contribution in [-0.4, -0.2) is 27.1 Å². The van der Waals surface area contributed by atoms with Gasteiger partial charge in [0.15, 0.2) is 5.65 Å². The summed E-state index contributed by atoms with van der Waals surface area (Å²) in [5.74, 6) is 1.11. The number of rotatable bonds is 3. The molecule has 3 aromatic heterocycles. The number of thiophene rings is 1. The molecule has 5 heteroatoms. The average Bonchev–Trinajstić information content (AvgIpc) is 3.18. The van der Waals surface area contributed by atoms with Crippen molar-refractivity contribution in [1.29, 1.82) is 0 Å². The van der Waals surface area contributed by atoms with Crippen molar-refractivity contribution in [3.63, 3.8) is 0 Å². The molecule has 1 aliphatic heterocycles. The van der Waals surface area contributed by atoms with Gasteiger partial charge >= 0.3 is 0 Å². The predicted molar refractivity (Wildman–Crippen MR) is 81.5 cm³/mol. The molecule has 0 radical (unpaired) electrons. The van der Waals surface area contributed by atoms with Gasteiger partial charge in [0.2, 0.25) is 0 Å². The van der Waals surface area contributed by atoms with Crippen LogP contribution in [0.5, 0.6) is 0 Å². The molecule has 0 aromatic carbocycles. The zero-order valence-electron chi connectivity index (χ0n) is 11.1. The van der Waals surface area contributed by atoms with Crippen molar-refractivity contribution in [2.24, 2.45) is 0 Å². The third-order valence-electron chi connectivity index (χ3n) is 3.80. The fourth-order valence-electron chi connectivity index (χ4n) is 2.88. The van der Waals surface area contributed by atoms with E-state index < -0.39 is 0 Å². The second kappa shape index (κ2) is 5.00. The minimum Gasteiger partial charge on any atom is -0.314 e. The first kappa shape index (κ1) is 12.1. The molecule has 1 unspecified atom stereocenters. The van der Waals surface area contributed by atoms with E-state index in [0.717, 1.165) is 30.0 Å². The number of nitrogens with one attached hydrogen (secondary N) is 1. The summed E-state index contributed by atoms with van der Waals surface area (Å²) in [5, 5.41) is 6.84. The molecule has 4 rings (SSSR count). The van der Waals surface area contributed by atoms with E-state index in [0.29, 0.717) is 6.04 Å². The highest BCUT2D eigenvalue weighted by atomic mass is 32.1. The molecule has 0 saturated carbocycles. The van der Waals surface area contributed by atoms with Crippen molar-refractivity contribution in [3.8, 4) is 5.00 Å². The Morgan fingerprint density at radius 3 is 3.15 bits per heavy atom. The summed E-state index contributed by atoms with van der Waals surface area (Å²) in [6.45, 7) is 1.13. The maximum atomic E-state index is 4.80. The average molecular weight is 284 g/mol. The molecule has 0 amide bonds. The Bertz CT molecular complexity index is 711. The molecule has 1 N–H and O–H groups in total. The summed E-state index contributed by atoms with van der Waals surface area (Å²) >= 11 is 1.73. The SMILES string of the molecule is c1csc(-n2c(CC3CCCN3)nc3cccnc32)c1. The summed E-state index contributed by atoms with van der Waals surface area (Å²) in [7, 11) is 0. The summed E-state index contributed by atoms with van der Waals surface area (Å²) in [4.78, 5) is 9.32. The number of hydrogen-bond acceptors (Lipinski definition) is 4. The van der Waals surface area contributed by atoms with Crippen LogP contribution in [0.1, 0.15) is 18.7 Å². The van der Waals surface area contributed by atoms with E-state index in [9.17, 15) is 0 Å². The fraction of sp³-hybridized carbons (Fsp3) is 0.333. The molecule has 20 heavy (non-hydrogen) atoms. The Hall–Kier alpha value is -1.72. The molecule has 0 bridgehead atoms. The molecule has 0 spiro atoms. The number of nitrogens with zero attached hydrogens (tertiary/aromatic N) is 3. The van der Waals surface area contributed by atoms with Crippen molar-refractivity contribution in [3.05, 3.63) is 41.7 Å². The van der Waals surface area contributed by atoms with Gasteiger partial charge in [-0.3, -0.25) is 4.57 Å². The molecular weight excluding hydrogens is 268 g/mol. The first-order valence-corrected chi connectivity index (χ1v) is 7.89. The Morgan fingerprint density at radius 1 is 1.35 bits per heavy atom. The Labute approximate surface area is 121 Å². The van der Waals surface area contributed by atoms with Crippen LogP contribution in [0.25, 0.3) is 16.2 Å². The van der Waals surface area contributed by atoms with E-state index in [2.05, 4.69) is 32.4 Å². The van der Waals surface area contributed by atoms with Crippen molar-refractivity contribution in [1.82, 2.24) is 19.9 Å². The second-order valence-corrected chi connectivity index (χ2v) is 6.08. The topological polar surface area (TPSA) is 42.7 Å². The van der Waals surface area contributed by atoms with Gasteiger partial charge in [-0.25, -0.2) is 9.97 Å². The summed E-state index contributed by atoms with van der Waals surface area (Å²) in [6.07, 6.45) is 5.31. The van der Waals surface area contributed by atoms with Gasteiger partial charge in [-0.05, 0) is 49.0 Å². The molecule has 1 atom stereocenters. The zero-order chi connectivity index (χ0) is 13.4. The van der Waals surface area contributed by atoms with Crippen molar-refractivity contribution in [2.75, 3.05) is 6.54 Å². The largest absolute Gasteiger partial charge is 0.314 e. The van der Waals surface area contributed by atoms with Gasteiger partial charge in [-0.15, -0.1) is 11.3 Å². The fourth-order valence-corrected chi connectivity index (χ4v) is 3.63. The Balaban J connectivity index is 1.83. The number of fused-ring (bicyclic) bond motifs is 1. The van der Waals surface area contributed by atoms with E-state index in [1.54, 1.807) is 11.3 Å². The number of hydrogen-bond donors (Lipinski definition) is 1. The van der Waals surface area contributed by atoms with Crippen LogP contribution in [0, 0.1) is 0 Å².